The molecule has 2 heterocycles. The summed E-state index contributed by atoms with van der Waals surface area (Å²) in [6, 6.07) is 0. The summed E-state index contributed by atoms with van der Waals surface area (Å²) in [6.07, 6.45) is 1.41. The number of aliphatic hydroxyl groups is 1. The molecule has 15 heavy (non-hydrogen) atoms. The van der Waals surface area contributed by atoms with E-state index in [1.54, 1.807) is 0 Å². The van der Waals surface area contributed by atoms with Gasteiger partial charge in [-0.15, -0.1) is 0 Å². The summed E-state index contributed by atoms with van der Waals surface area (Å²) in [7, 11) is 0. The van der Waals surface area contributed by atoms with E-state index >= 15 is 0 Å². The van der Waals surface area contributed by atoms with Crippen molar-refractivity contribution >= 4 is 0 Å². The average molecular weight is 215 g/mol. The summed E-state index contributed by atoms with van der Waals surface area (Å²) in [4.78, 5) is 2.40. The predicted molar refractivity (Wildman–Crippen MR) is 56.8 cm³/mol. The Morgan fingerprint density at radius 3 is 2.93 bits per heavy atom. The van der Waals surface area contributed by atoms with E-state index in [0.29, 0.717) is 5.92 Å². The molecule has 0 aromatic carbocycles. The molecule has 2 saturated heterocycles. The molecule has 4 nitrogen and oxygen atoms in total. The van der Waals surface area contributed by atoms with E-state index in [-0.39, 0.29) is 18.8 Å². The van der Waals surface area contributed by atoms with Gasteiger partial charge in [-0.1, -0.05) is 0 Å². The van der Waals surface area contributed by atoms with Crippen LogP contribution in [0.15, 0.2) is 0 Å². The van der Waals surface area contributed by atoms with Gasteiger partial charge in [0.15, 0.2) is 0 Å². The largest absolute Gasteiger partial charge is 0.394 e. The lowest BCUT2D eigenvalue weighted by Gasteiger charge is -2.37. The average Bonchev–Trinajstić information content (AvgIpc) is 2.69. The normalized spacial score (nSPS) is 38.4. The van der Waals surface area contributed by atoms with Gasteiger partial charge in [0, 0.05) is 26.2 Å². The fraction of sp³-hybridized carbons (Fsp3) is 1.00. The zero-order valence-electron chi connectivity index (χ0n) is 9.39. The summed E-state index contributed by atoms with van der Waals surface area (Å²) in [5, 5.41) is 9.11. The van der Waals surface area contributed by atoms with Crippen LogP contribution in [0, 0.1) is 5.92 Å². The zero-order chi connectivity index (χ0) is 10.7. The SMILES string of the molecule is CC1CN(CC2CCOC2)CC(CO)O1. The Balaban J connectivity index is 1.80. The van der Waals surface area contributed by atoms with E-state index in [1.807, 2.05) is 0 Å². The summed E-state index contributed by atoms with van der Waals surface area (Å²) in [6.45, 7) is 6.93. The number of ether oxygens (including phenoxy) is 2. The van der Waals surface area contributed by atoms with Crippen LogP contribution in [-0.4, -0.2) is 61.7 Å². The highest BCUT2D eigenvalue weighted by molar-refractivity contribution is 4.78. The van der Waals surface area contributed by atoms with Crippen LogP contribution in [0.2, 0.25) is 0 Å². The molecular formula is C11H21NO3. The van der Waals surface area contributed by atoms with Crippen molar-refractivity contribution in [3.63, 3.8) is 0 Å². The maximum atomic E-state index is 9.11. The summed E-state index contributed by atoms with van der Waals surface area (Å²) >= 11 is 0. The third-order valence-electron chi connectivity index (χ3n) is 3.15. The van der Waals surface area contributed by atoms with Crippen LogP contribution in [0.4, 0.5) is 0 Å². The molecule has 0 spiro atoms. The number of hydrogen-bond acceptors (Lipinski definition) is 4. The Morgan fingerprint density at radius 2 is 2.27 bits per heavy atom. The van der Waals surface area contributed by atoms with Gasteiger partial charge in [-0.25, -0.2) is 0 Å². The smallest absolute Gasteiger partial charge is 0.0936 e. The molecule has 88 valence electrons. The minimum absolute atomic E-state index is 0.00364. The second kappa shape index (κ2) is 5.25. The molecule has 1 N–H and O–H groups in total. The Bertz CT molecular complexity index is 194. The number of hydrogen-bond donors (Lipinski definition) is 1. The van der Waals surface area contributed by atoms with Crippen LogP contribution in [0.5, 0.6) is 0 Å². The molecule has 0 saturated carbocycles. The van der Waals surface area contributed by atoms with Gasteiger partial charge in [0.2, 0.25) is 0 Å². The van der Waals surface area contributed by atoms with Crippen LogP contribution in [0.1, 0.15) is 13.3 Å². The van der Waals surface area contributed by atoms with E-state index in [1.165, 1.54) is 6.42 Å². The molecule has 0 amide bonds. The second-order valence-corrected chi connectivity index (χ2v) is 4.70. The van der Waals surface area contributed by atoms with Crippen molar-refractivity contribution < 1.29 is 14.6 Å². The summed E-state index contributed by atoms with van der Waals surface area (Å²) < 4.78 is 11.0. The van der Waals surface area contributed by atoms with Gasteiger partial charge in [0.1, 0.15) is 0 Å². The van der Waals surface area contributed by atoms with Gasteiger partial charge >= 0.3 is 0 Å². The van der Waals surface area contributed by atoms with Crippen LogP contribution in [0.25, 0.3) is 0 Å². The van der Waals surface area contributed by atoms with Gasteiger partial charge in [-0.2, -0.15) is 0 Å². The van der Waals surface area contributed by atoms with E-state index in [0.717, 1.165) is 32.8 Å². The Hall–Kier alpha value is -0.160. The predicted octanol–water partition coefficient (Wildman–Crippen LogP) is 0.104. The first-order valence-corrected chi connectivity index (χ1v) is 5.84. The molecular weight excluding hydrogens is 194 g/mol. The minimum Gasteiger partial charge on any atom is -0.394 e. The summed E-state index contributed by atoms with van der Waals surface area (Å²) in [5.41, 5.74) is 0. The number of rotatable bonds is 3. The molecule has 2 aliphatic rings. The van der Waals surface area contributed by atoms with E-state index in [2.05, 4.69) is 11.8 Å². The van der Waals surface area contributed by atoms with Crippen molar-refractivity contribution in [2.45, 2.75) is 25.6 Å². The van der Waals surface area contributed by atoms with Crippen LogP contribution >= 0.6 is 0 Å². The van der Waals surface area contributed by atoms with Gasteiger partial charge in [-0.3, -0.25) is 4.90 Å². The molecule has 2 rings (SSSR count). The first kappa shape index (κ1) is 11.3. The van der Waals surface area contributed by atoms with Crippen molar-refractivity contribution in [2.24, 2.45) is 5.92 Å². The van der Waals surface area contributed by atoms with Crippen molar-refractivity contribution in [2.75, 3.05) is 39.5 Å². The lowest BCUT2D eigenvalue weighted by Crippen LogP contribution is -2.49. The number of aliphatic hydroxyl groups excluding tert-OH is 1. The summed E-state index contributed by atoms with van der Waals surface area (Å²) in [5.74, 6) is 0.676. The Morgan fingerprint density at radius 1 is 1.40 bits per heavy atom. The second-order valence-electron chi connectivity index (χ2n) is 4.70. The molecule has 0 bridgehead atoms. The van der Waals surface area contributed by atoms with Crippen molar-refractivity contribution in [3.05, 3.63) is 0 Å². The molecule has 4 heteroatoms. The van der Waals surface area contributed by atoms with Gasteiger partial charge in [-0.05, 0) is 19.3 Å². The standard InChI is InChI=1S/C11H21NO3/c1-9-4-12(6-11(7-13)15-9)5-10-2-3-14-8-10/h9-11,13H,2-8H2,1H3. The zero-order valence-corrected chi connectivity index (χ0v) is 9.39. The molecule has 3 atom stereocenters. The molecule has 0 radical (unpaired) electrons. The van der Waals surface area contributed by atoms with E-state index in [4.69, 9.17) is 14.6 Å². The first-order chi connectivity index (χ1) is 7.28. The van der Waals surface area contributed by atoms with Gasteiger partial charge < -0.3 is 14.6 Å². The molecule has 2 fully saturated rings. The highest BCUT2D eigenvalue weighted by Gasteiger charge is 2.27. The molecule has 3 unspecified atom stereocenters. The monoisotopic (exact) mass is 215 g/mol. The van der Waals surface area contributed by atoms with Gasteiger partial charge in [0.05, 0.1) is 25.4 Å². The lowest BCUT2D eigenvalue weighted by molar-refractivity contribution is -0.0978. The maximum absolute atomic E-state index is 9.11. The lowest BCUT2D eigenvalue weighted by atomic mass is 10.1. The van der Waals surface area contributed by atoms with Crippen LogP contribution < -0.4 is 0 Å². The molecule has 0 aliphatic carbocycles. The molecule has 0 aromatic heterocycles. The van der Waals surface area contributed by atoms with Crippen molar-refractivity contribution in [3.8, 4) is 0 Å². The van der Waals surface area contributed by atoms with E-state index < -0.39 is 0 Å². The number of nitrogens with zero attached hydrogens (tertiary/aromatic N) is 1. The first-order valence-electron chi connectivity index (χ1n) is 5.84. The highest BCUT2D eigenvalue weighted by Crippen LogP contribution is 2.17. The third kappa shape index (κ3) is 3.14. The highest BCUT2D eigenvalue weighted by atomic mass is 16.5. The quantitative estimate of drug-likeness (QED) is 0.725. The topological polar surface area (TPSA) is 41.9 Å². The fourth-order valence-corrected chi connectivity index (χ4v) is 2.48. The Labute approximate surface area is 91.2 Å². The molecule has 2 aliphatic heterocycles. The molecule has 0 aromatic rings. The van der Waals surface area contributed by atoms with Crippen LogP contribution in [-0.2, 0) is 9.47 Å². The van der Waals surface area contributed by atoms with Gasteiger partial charge in [0.25, 0.3) is 0 Å². The maximum Gasteiger partial charge on any atom is 0.0936 e. The Kier molecular flexibility index (Phi) is 3.97. The third-order valence-corrected chi connectivity index (χ3v) is 3.15. The van der Waals surface area contributed by atoms with Crippen molar-refractivity contribution in [1.29, 1.82) is 0 Å². The van der Waals surface area contributed by atoms with E-state index in [9.17, 15) is 0 Å². The number of morpholine rings is 1. The van der Waals surface area contributed by atoms with Crippen molar-refractivity contribution in [1.82, 2.24) is 4.90 Å². The minimum atomic E-state index is -0.00364. The fourth-order valence-electron chi connectivity index (χ4n) is 2.48. The van der Waals surface area contributed by atoms with Crippen LogP contribution in [0.3, 0.4) is 0 Å².